The Balaban J connectivity index is 1.85. The third kappa shape index (κ3) is 19.3. The quantitative estimate of drug-likeness (QED) is 0.0195. The molecule has 2 rings (SSSR count). The molecule has 22 heteroatoms. The average molecular weight is 808 g/mol. The molecule has 0 radical (unpaired) electrons. The maximum atomic E-state index is 12.9. The van der Waals surface area contributed by atoms with E-state index in [-0.39, 0.29) is 102 Å². The number of carbonyl (C=O) groups is 7. The number of rotatable bonds is 20. The van der Waals surface area contributed by atoms with Gasteiger partial charge in [-0.15, -0.1) is 0 Å². The fraction of sp³-hybridized carbons (Fsp3) is 0.657. The van der Waals surface area contributed by atoms with Crippen LogP contribution in [0.5, 0.6) is 0 Å². The van der Waals surface area contributed by atoms with Crippen LogP contribution in [-0.4, -0.2) is 215 Å². The van der Waals surface area contributed by atoms with Crippen molar-refractivity contribution >= 4 is 55.4 Å². The number of aliphatic imine (C=N–C) groups is 1. The van der Waals surface area contributed by atoms with Gasteiger partial charge in [-0.3, -0.25) is 58.2 Å². The summed E-state index contributed by atoms with van der Waals surface area (Å²) in [7, 11) is -1.66. The Morgan fingerprint density at radius 3 is 1.70 bits per heavy atom. The van der Waals surface area contributed by atoms with Crippen molar-refractivity contribution in [2.45, 2.75) is 51.5 Å². The van der Waals surface area contributed by atoms with Gasteiger partial charge in [-0.2, -0.15) is 0 Å². The minimum absolute atomic E-state index is 0.0131. The third-order valence-corrected chi connectivity index (χ3v) is 9.47. The minimum Gasteiger partial charge on any atom is -0.480 e. The fourth-order valence-electron chi connectivity index (χ4n) is 6.26. The van der Waals surface area contributed by atoms with Crippen LogP contribution < -0.4 is 16.0 Å². The van der Waals surface area contributed by atoms with Gasteiger partial charge >= 0.3 is 25.0 Å². The van der Waals surface area contributed by atoms with E-state index in [2.05, 4.69) is 27.7 Å². The number of nitrogens with one attached hydrogen (secondary N) is 3. The Hall–Kier alpha value is -4.74. The Morgan fingerprint density at radius 2 is 1.25 bits per heavy atom. The lowest BCUT2D eigenvalue weighted by atomic mass is 9.78. The SMILES string of the molecule is C=N/C(=C\C=C(/C)C(=O)N[C@H](C)C(=O)N1CCC[C@H]1B(O)O)CNC(=O)CCCNC(=O)CN1CCN(CC(=O)O)CCN(CC(=O)O)CCN(CC(=O)O)CC1. The highest BCUT2D eigenvalue weighted by Gasteiger charge is 2.38. The van der Waals surface area contributed by atoms with E-state index in [0.29, 0.717) is 44.6 Å². The molecule has 0 bridgehead atoms. The second-order valence-corrected chi connectivity index (χ2v) is 14.0. The largest absolute Gasteiger partial charge is 0.480 e. The smallest absolute Gasteiger partial charge is 0.475 e. The highest BCUT2D eigenvalue weighted by atomic mass is 16.4. The summed E-state index contributed by atoms with van der Waals surface area (Å²) < 4.78 is 0. The maximum Gasteiger partial charge on any atom is 0.475 e. The lowest BCUT2D eigenvalue weighted by molar-refractivity contribution is -0.140. The molecule has 2 atom stereocenters. The van der Waals surface area contributed by atoms with Crippen molar-refractivity contribution in [2.24, 2.45) is 4.99 Å². The summed E-state index contributed by atoms with van der Waals surface area (Å²) in [5.41, 5.74) is 0.613. The molecule has 2 saturated heterocycles. The first-order valence-electron chi connectivity index (χ1n) is 18.9. The molecular formula is C35H58BN9O12. The molecule has 0 aliphatic carbocycles. The molecule has 2 fully saturated rings. The van der Waals surface area contributed by atoms with E-state index in [0.717, 1.165) is 0 Å². The van der Waals surface area contributed by atoms with Gasteiger partial charge in [0, 0.05) is 77.4 Å². The van der Waals surface area contributed by atoms with Crippen molar-refractivity contribution < 1.29 is 58.9 Å². The predicted octanol–water partition coefficient (Wildman–Crippen LogP) is -3.49. The van der Waals surface area contributed by atoms with Crippen molar-refractivity contribution in [1.29, 1.82) is 0 Å². The first-order chi connectivity index (χ1) is 27.0. The fourth-order valence-corrected chi connectivity index (χ4v) is 6.26. The normalized spacial score (nSPS) is 19.1. The van der Waals surface area contributed by atoms with E-state index < -0.39 is 48.8 Å². The Bertz CT molecular complexity index is 1450. The molecule has 0 unspecified atom stereocenters. The number of carboxylic acid groups (broad SMARTS) is 3. The van der Waals surface area contributed by atoms with Crippen LogP contribution in [0.25, 0.3) is 0 Å². The first-order valence-corrected chi connectivity index (χ1v) is 18.9. The molecule has 2 aliphatic heterocycles. The summed E-state index contributed by atoms with van der Waals surface area (Å²) in [4.78, 5) is 97.2. The van der Waals surface area contributed by atoms with Crippen LogP contribution in [0.1, 0.15) is 39.5 Å². The van der Waals surface area contributed by atoms with Gasteiger partial charge in [-0.05, 0) is 45.9 Å². The van der Waals surface area contributed by atoms with Gasteiger partial charge in [0.1, 0.15) is 6.04 Å². The lowest BCUT2D eigenvalue weighted by Crippen LogP contribution is -2.52. The number of amides is 4. The number of carboxylic acids is 3. The van der Waals surface area contributed by atoms with E-state index in [1.165, 1.54) is 30.9 Å². The molecule has 8 N–H and O–H groups in total. The van der Waals surface area contributed by atoms with Crippen LogP contribution in [0, 0.1) is 0 Å². The first kappa shape index (κ1) is 48.4. The van der Waals surface area contributed by atoms with E-state index >= 15 is 0 Å². The van der Waals surface area contributed by atoms with Gasteiger partial charge in [0.15, 0.2) is 0 Å². The van der Waals surface area contributed by atoms with Crippen LogP contribution in [-0.2, 0) is 33.6 Å². The maximum absolute atomic E-state index is 12.9. The molecule has 0 saturated carbocycles. The molecule has 2 heterocycles. The second-order valence-electron chi connectivity index (χ2n) is 14.0. The Labute approximate surface area is 332 Å². The number of aliphatic carboxylic acids is 3. The number of likely N-dealkylation sites (tertiary alicyclic amines) is 1. The van der Waals surface area contributed by atoms with Crippen LogP contribution >= 0.6 is 0 Å². The van der Waals surface area contributed by atoms with Crippen LogP contribution in [0.2, 0.25) is 0 Å². The Morgan fingerprint density at radius 1 is 0.754 bits per heavy atom. The number of hydrogen-bond acceptors (Lipinski definition) is 14. The number of carbonyl (C=O) groups excluding carboxylic acids is 4. The van der Waals surface area contributed by atoms with Crippen molar-refractivity contribution in [3.63, 3.8) is 0 Å². The van der Waals surface area contributed by atoms with Crippen LogP contribution in [0.15, 0.2) is 28.4 Å². The molecule has 2 aliphatic rings. The predicted molar refractivity (Wildman–Crippen MR) is 208 cm³/mol. The van der Waals surface area contributed by atoms with E-state index in [1.807, 2.05) is 0 Å². The van der Waals surface area contributed by atoms with Gasteiger partial charge < -0.3 is 46.2 Å². The summed E-state index contributed by atoms with van der Waals surface area (Å²) in [6.07, 6.45) is 4.45. The lowest BCUT2D eigenvalue weighted by Gasteiger charge is -2.32. The molecular weight excluding hydrogens is 749 g/mol. The van der Waals surface area contributed by atoms with Gasteiger partial charge in [-0.25, -0.2) is 0 Å². The number of nitrogens with zero attached hydrogens (tertiary/aromatic N) is 6. The molecule has 0 aromatic heterocycles. The molecule has 318 valence electrons. The topological polar surface area (TPSA) is 285 Å². The zero-order valence-corrected chi connectivity index (χ0v) is 32.8. The monoisotopic (exact) mass is 807 g/mol. The standard InChI is InChI=1S/C35H58BN9O12/c1-25(34(54)40-26(2)35(55)45-11-5-6-28(45)36(56)57)8-9-27(37-3)20-39-29(46)7-4-10-38-30(47)21-41-12-14-42(22-31(48)49)16-18-44(24-33(52)53)19-17-43(15-13-41)23-32(50)51/h8-9,26,28,56-57H,3-7,10-24H2,1-2H3,(H,38,47)(H,39,46)(H,40,54)(H,48,49)(H,50,51)(H,52,53)/b25-8+,27-9-/t26-,28+/m1/s1. The number of hydrogen-bond donors (Lipinski definition) is 8. The average Bonchev–Trinajstić information content (AvgIpc) is 3.64. The van der Waals surface area contributed by atoms with Gasteiger partial charge in [0.25, 0.3) is 0 Å². The van der Waals surface area contributed by atoms with Crippen molar-refractivity contribution in [3.05, 3.63) is 23.4 Å². The zero-order chi connectivity index (χ0) is 42.5. The van der Waals surface area contributed by atoms with Gasteiger partial charge in [0.05, 0.1) is 44.4 Å². The van der Waals surface area contributed by atoms with E-state index in [1.54, 1.807) is 19.6 Å². The minimum atomic E-state index is -1.66. The summed E-state index contributed by atoms with van der Waals surface area (Å²) in [6.45, 7) is 8.43. The summed E-state index contributed by atoms with van der Waals surface area (Å²) in [6, 6.07) is -0.901. The van der Waals surface area contributed by atoms with Crippen molar-refractivity contribution in [3.8, 4) is 0 Å². The van der Waals surface area contributed by atoms with Gasteiger partial charge in [-0.1, -0.05) is 6.08 Å². The number of allylic oxidation sites excluding steroid dienone is 2. The van der Waals surface area contributed by atoms with E-state index in [4.69, 9.17) is 0 Å². The highest BCUT2D eigenvalue weighted by molar-refractivity contribution is 6.43. The van der Waals surface area contributed by atoms with Crippen LogP contribution in [0.3, 0.4) is 0 Å². The zero-order valence-electron chi connectivity index (χ0n) is 32.8. The summed E-state index contributed by atoms with van der Waals surface area (Å²) >= 11 is 0. The van der Waals surface area contributed by atoms with E-state index in [9.17, 15) is 58.9 Å². The highest BCUT2D eigenvalue weighted by Crippen LogP contribution is 2.19. The molecule has 4 amide bonds. The van der Waals surface area contributed by atoms with Crippen LogP contribution in [0.4, 0.5) is 0 Å². The molecule has 0 spiro atoms. The van der Waals surface area contributed by atoms with Gasteiger partial charge in [0.2, 0.25) is 23.6 Å². The van der Waals surface area contributed by atoms with Crippen molar-refractivity contribution in [2.75, 3.05) is 98.2 Å². The summed E-state index contributed by atoms with van der Waals surface area (Å²) in [5, 5.41) is 55.3. The molecule has 0 aromatic carbocycles. The summed E-state index contributed by atoms with van der Waals surface area (Å²) in [5.74, 6) is -5.46. The molecule has 0 aromatic rings. The molecule has 21 nitrogen and oxygen atoms in total. The molecule has 57 heavy (non-hydrogen) atoms. The Kier molecular flexibility index (Phi) is 21.7. The third-order valence-electron chi connectivity index (χ3n) is 9.47. The van der Waals surface area contributed by atoms with Crippen molar-refractivity contribution in [1.82, 2.24) is 40.4 Å². The second kappa shape index (κ2) is 25.5.